The molecule has 3 rings (SSSR count). The Morgan fingerprint density at radius 2 is 2.13 bits per heavy atom. The average molecular weight is 222 g/mol. The zero-order valence-electron chi connectivity index (χ0n) is 7.46. The highest BCUT2D eigenvalue weighted by atomic mass is 35.5. The van der Waals surface area contributed by atoms with E-state index in [0.29, 0.717) is 16.3 Å². The number of hydrogen-bond acceptors (Lipinski definition) is 2. The van der Waals surface area contributed by atoms with Crippen molar-refractivity contribution in [2.45, 2.75) is 0 Å². The van der Waals surface area contributed by atoms with Crippen molar-refractivity contribution in [3.63, 3.8) is 0 Å². The Hall–Kier alpha value is -1.68. The van der Waals surface area contributed by atoms with Gasteiger partial charge in [-0.15, -0.1) is 0 Å². The fourth-order valence-electron chi connectivity index (χ4n) is 1.66. The number of halogens is 2. The molecule has 0 unspecified atom stereocenters. The Morgan fingerprint density at radius 3 is 3.00 bits per heavy atom. The maximum atomic E-state index is 13.0. The first-order valence-corrected chi connectivity index (χ1v) is 4.71. The van der Waals surface area contributed by atoms with E-state index >= 15 is 0 Å². The molecule has 1 N–H and O–H groups in total. The molecular formula is C10H5ClFN3. The normalized spacial score (nSPS) is 11.3. The first-order valence-electron chi connectivity index (χ1n) is 4.33. The van der Waals surface area contributed by atoms with Gasteiger partial charge in [-0.2, -0.15) is 0 Å². The van der Waals surface area contributed by atoms with Crippen LogP contribution in [-0.2, 0) is 0 Å². The van der Waals surface area contributed by atoms with Gasteiger partial charge in [0.05, 0.1) is 10.9 Å². The molecule has 1 aromatic carbocycles. The number of H-pyrrole nitrogens is 1. The van der Waals surface area contributed by atoms with Crippen molar-refractivity contribution in [3.8, 4) is 0 Å². The maximum Gasteiger partial charge on any atom is 0.143 e. The van der Waals surface area contributed by atoms with Gasteiger partial charge in [0.2, 0.25) is 0 Å². The van der Waals surface area contributed by atoms with Crippen LogP contribution in [0.1, 0.15) is 0 Å². The van der Waals surface area contributed by atoms with Gasteiger partial charge in [-0.25, -0.2) is 14.4 Å². The van der Waals surface area contributed by atoms with Crippen LogP contribution in [0.3, 0.4) is 0 Å². The lowest BCUT2D eigenvalue weighted by atomic mass is 10.2. The number of aromatic amines is 1. The van der Waals surface area contributed by atoms with Gasteiger partial charge in [-0.3, -0.25) is 0 Å². The summed E-state index contributed by atoms with van der Waals surface area (Å²) in [6.45, 7) is 0. The first-order chi connectivity index (χ1) is 7.25. The Balaban J connectivity index is 2.59. The minimum atomic E-state index is -0.293. The molecule has 0 saturated heterocycles. The molecule has 15 heavy (non-hydrogen) atoms. The number of rotatable bonds is 0. The number of nitrogens with zero attached hydrogens (tertiary/aromatic N) is 2. The van der Waals surface area contributed by atoms with Crippen LogP contribution in [0, 0.1) is 5.82 Å². The van der Waals surface area contributed by atoms with Gasteiger partial charge in [0.1, 0.15) is 22.9 Å². The molecule has 0 aliphatic heterocycles. The van der Waals surface area contributed by atoms with E-state index in [2.05, 4.69) is 15.0 Å². The van der Waals surface area contributed by atoms with E-state index < -0.39 is 0 Å². The summed E-state index contributed by atoms with van der Waals surface area (Å²) >= 11 is 5.95. The predicted molar refractivity (Wildman–Crippen MR) is 56.4 cm³/mol. The molecule has 3 nitrogen and oxygen atoms in total. The van der Waals surface area contributed by atoms with E-state index in [9.17, 15) is 4.39 Å². The van der Waals surface area contributed by atoms with Crippen molar-refractivity contribution in [2.24, 2.45) is 0 Å². The monoisotopic (exact) mass is 221 g/mol. The summed E-state index contributed by atoms with van der Waals surface area (Å²) in [7, 11) is 0. The smallest absolute Gasteiger partial charge is 0.143 e. The Morgan fingerprint density at radius 1 is 1.27 bits per heavy atom. The molecule has 0 saturated carbocycles. The van der Waals surface area contributed by atoms with E-state index in [1.54, 1.807) is 6.07 Å². The third-order valence-electron chi connectivity index (χ3n) is 2.31. The highest BCUT2D eigenvalue weighted by Crippen LogP contribution is 2.28. The van der Waals surface area contributed by atoms with Crippen molar-refractivity contribution < 1.29 is 4.39 Å². The number of aromatic nitrogens is 3. The van der Waals surface area contributed by atoms with Gasteiger partial charge < -0.3 is 4.98 Å². The van der Waals surface area contributed by atoms with Crippen LogP contribution in [0.5, 0.6) is 0 Å². The summed E-state index contributed by atoms with van der Waals surface area (Å²) in [6, 6.07) is 4.46. The van der Waals surface area contributed by atoms with Crippen LogP contribution >= 0.6 is 11.6 Å². The largest absolute Gasteiger partial charge is 0.339 e. The quantitative estimate of drug-likeness (QED) is 0.593. The molecule has 0 atom stereocenters. The Kier molecular flexibility index (Phi) is 1.67. The number of hydrogen-bond donors (Lipinski definition) is 1. The fraction of sp³-hybridized carbons (Fsp3) is 0. The van der Waals surface area contributed by atoms with Crippen molar-refractivity contribution in [3.05, 3.63) is 35.5 Å². The van der Waals surface area contributed by atoms with Crippen molar-refractivity contribution >= 4 is 33.5 Å². The summed E-state index contributed by atoms with van der Waals surface area (Å²) in [5.41, 5.74) is 1.29. The van der Waals surface area contributed by atoms with Crippen molar-refractivity contribution in [1.29, 1.82) is 0 Å². The second-order valence-corrected chi connectivity index (χ2v) is 3.56. The Bertz CT molecular complexity index is 662. The van der Waals surface area contributed by atoms with Crippen molar-refractivity contribution in [2.75, 3.05) is 0 Å². The second kappa shape index (κ2) is 2.90. The van der Waals surface area contributed by atoms with Crippen LogP contribution in [0.2, 0.25) is 5.15 Å². The van der Waals surface area contributed by atoms with E-state index in [1.807, 2.05) is 0 Å². The van der Waals surface area contributed by atoms with E-state index in [1.165, 1.54) is 18.5 Å². The minimum absolute atomic E-state index is 0.293. The SMILES string of the molecule is Fc1ccc2c(c1)[nH]c1ncnc(Cl)c12. The topological polar surface area (TPSA) is 41.6 Å². The Labute approximate surface area is 88.9 Å². The molecule has 2 heterocycles. The van der Waals surface area contributed by atoms with E-state index in [-0.39, 0.29) is 5.82 Å². The molecule has 0 radical (unpaired) electrons. The molecule has 0 fully saturated rings. The zero-order chi connectivity index (χ0) is 10.4. The summed E-state index contributed by atoms with van der Waals surface area (Å²) in [6.07, 6.45) is 1.37. The van der Waals surface area contributed by atoms with Gasteiger partial charge in [-0.05, 0) is 18.2 Å². The predicted octanol–water partition coefficient (Wildman–Crippen LogP) is 2.90. The third-order valence-corrected chi connectivity index (χ3v) is 2.59. The van der Waals surface area contributed by atoms with Crippen LogP contribution in [-0.4, -0.2) is 15.0 Å². The van der Waals surface area contributed by atoms with Crippen molar-refractivity contribution in [1.82, 2.24) is 15.0 Å². The lowest BCUT2D eigenvalue weighted by Crippen LogP contribution is -1.79. The van der Waals surface area contributed by atoms with Crippen LogP contribution < -0.4 is 0 Å². The van der Waals surface area contributed by atoms with Gasteiger partial charge in [0, 0.05) is 5.39 Å². The molecule has 0 bridgehead atoms. The standard InChI is InChI=1S/C10H5ClFN3/c11-9-8-6-2-1-5(12)3-7(6)15-10(8)14-4-13-9/h1-4H,(H,13,14,15). The number of fused-ring (bicyclic) bond motifs is 3. The summed E-state index contributed by atoms with van der Waals surface area (Å²) < 4.78 is 13.0. The summed E-state index contributed by atoms with van der Waals surface area (Å²) in [5, 5.41) is 1.93. The van der Waals surface area contributed by atoms with E-state index in [0.717, 1.165) is 10.8 Å². The minimum Gasteiger partial charge on any atom is -0.339 e. The van der Waals surface area contributed by atoms with Gasteiger partial charge in [-0.1, -0.05) is 11.6 Å². The molecule has 0 aliphatic carbocycles. The lowest BCUT2D eigenvalue weighted by Gasteiger charge is -1.92. The van der Waals surface area contributed by atoms with Crippen LogP contribution in [0.4, 0.5) is 4.39 Å². The van der Waals surface area contributed by atoms with Crippen LogP contribution in [0.15, 0.2) is 24.5 Å². The highest BCUT2D eigenvalue weighted by molar-refractivity contribution is 6.36. The number of nitrogens with one attached hydrogen (secondary N) is 1. The second-order valence-electron chi connectivity index (χ2n) is 3.20. The van der Waals surface area contributed by atoms with Crippen LogP contribution in [0.25, 0.3) is 21.9 Å². The third kappa shape index (κ3) is 1.18. The number of benzene rings is 1. The molecule has 3 aromatic rings. The average Bonchev–Trinajstić information content (AvgIpc) is 2.56. The molecule has 0 aliphatic rings. The molecule has 2 aromatic heterocycles. The highest BCUT2D eigenvalue weighted by Gasteiger charge is 2.09. The maximum absolute atomic E-state index is 13.0. The molecule has 74 valence electrons. The van der Waals surface area contributed by atoms with Gasteiger partial charge >= 0.3 is 0 Å². The summed E-state index contributed by atoms with van der Waals surface area (Å²) in [4.78, 5) is 10.9. The lowest BCUT2D eigenvalue weighted by molar-refractivity contribution is 0.629. The zero-order valence-corrected chi connectivity index (χ0v) is 8.22. The molecule has 0 amide bonds. The fourth-order valence-corrected chi connectivity index (χ4v) is 1.90. The first kappa shape index (κ1) is 8.61. The van der Waals surface area contributed by atoms with Gasteiger partial charge in [0.15, 0.2) is 0 Å². The van der Waals surface area contributed by atoms with Gasteiger partial charge in [0.25, 0.3) is 0 Å². The molecule has 0 spiro atoms. The molecule has 5 heteroatoms. The summed E-state index contributed by atoms with van der Waals surface area (Å²) in [5.74, 6) is -0.293. The van der Waals surface area contributed by atoms with E-state index in [4.69, 9.17) is 11.6 Å². The molecular weight excluding hydrogens is 217 g/mol.